The summed E-state index contributed by atoms with van der Waals surface area (Å²) in [5.41, 5.74) is -4.20. The first-order chi connectivity index (χ1) is 14.9. The normalized spacial score (nSPS) is 30.2. The highest BCUT2D eigenvalue weighted by Crippen LogP contribution is 2.44. The fraction of sp³-hybridized carbons (Fsp3) is 0.368. The van der Waals surface area contributed by atoms with Gasteiger partial charge in [-0.25, -0.2) is 4.79 Å². The van der Waals surface area contributed by atoms with Crippen molar-refractivity contribution in [3.05, 3.63) is 51.6 Å². The van der Waals surface area contributed by atoms with Gasteiger partial charge in [0.15, 0.2) is 11.4 Å². The van der Waals surface area contributed by atoms with Gasteiger partial charge in [-0.15, -0.1) is 0 Å². The number of carbonyl (C=O) groups excluding carboxylic acids is 4. The zero-order valence-corrected chi connectivity index (χ0v) is 16.2. The number of hydrogen-bond donors (Lipinski definition) is 4. The Morgan fingerprint density at radius 1 is 1.22 bits per heavy atom. The van der Waals surface area contributed by atoms with Gasteiger partial charge in [0.1, 0.15) is 12.2 Å². The minimum absolute atomic E-state index is 0.310. The fourth-order valence-corrected chi connectivity index (χ4v) is 3.39. The number of benzene rings is 1. The predicted octanol–water partition coefficient (Wildman–Crippen LogP) is -1.69. The summed E-state index contributed by atoms with van der Waals surface area (Å²) in [6.07, 6.45) is -4.77. The van der Waals surface area contributed by atoms with Crippen molar-refractivity contribution >= 4 is 29.0 Å². The molecule has 1 heterocycles. The molecule has 1 aromatic rings. The minimum atomic E-state index is -3.33. The number of ketones is 3. The summed E-state index contributed by atoms with van der Waals surface area (Å²) < 4.78 is 9.79. The van der Waals surface area contributed by atoms with Crippen LogP contribution in [0.1, 0.15) is 23.2 Å². The van der Waals surface area contributed by atoms with Gasteiger partial charge in [0, 0.05) is 24.1 Å². The molecule has 0 radical (unpaired) electrons. The number of allylic oxidation sites excluding steroid dienone is 1. The number of aliphatic hydroxyl groups excluding tert-OH is 2. The van der Waals surface area contributed by atoms with Gasteiger partial charge in [-0.3, -0.25) is 24.5 Å². The van der Waals surface area contributed by atoms with Crippen molar-refractivity contribution in [3.63, 3.8) is 0 Å². The van der Waals surface area contributed by atoms with E-state index < -0.39 is 77.0 Å². The summed E-state index contributed by atoms with van der Waals surface area (Å²) in [4.78, 5) is 57.9. The molecule has 0 aromatic heterocycles. The van der Waals surface area contributed by atoms with Crippen molar-refractivity contribution in [1.29, 1.82) is 0 Å². The average Bonchev–Trinajstić information content (AvgIpc) is 2.92. The largest absolute Gasteiger partial charge is 0.402 e. The van der Waals surface area contributed by atoms with Gasteiger partial charge in [0.2, 0.25) is 11.6 Å². The molecule has 1 unspecified atom stereocenters. The lowest BCUT2D eigenvalue weighted by Gasteiger charge is -2.36. The van der Waals surface area contributed by atoms with Crippen LogP contribution in [-0.2, 0) is 23.9 Å². The van der Waals surface area contributed by atoms with Crippen molar-refractivity contribution in [3.8, 4) is 0 Å². The second-order valence-electron chi connectivity index (χ2n) is 7.23. The standard InChI is InChI=1S/C19H17NO12/c21-8-14-16(25)18(27,7-10-5-12(22)6-13(23)15(10)24)19(28,31-14)32-17(26)9-1-3-11(4-2-9)20(29)30/h1-5,14,16,21,25,27-28H,6-8H2/t14-,16-,18+,19?/m1/s1. The van der Waals surface area contributed by atoms with E-state index in [9.17, 15) is 49.7 Å². The Balaban J connectivity index is 1.93. The van der Waals surface area contributed by atoms with Crippen LogP contribution < -0.4 is 0 Å². The highest BCUT2D eigenvalue weighted by molar-refractivity contribution is 6.49. The number of hydrogen-bond acceptors (Lipinski definition) is 12. The van der Waals surface area contributed by atoms with E-state index in [1.54, 1.807) is 0 Å². The Morgan fingerprint density at radius 2 is 1.84 bits per heavy atom. The SMILES string of the molecule is O=C1C=C(C[C@]2(O)[C@H](O)[C@@H](CO)OC2(O)OC(=O)c2ccc([N+](=O)[O-])cc2)C(=O)C(=O)C1. The van der Waals surface area contributed by atoms with Crippen molar-refractivity contribution in [1.82, 2.24) is 0 Å². The van der Waals surface area contributed by atoms with Crippen LogP contribution in [0.5, 0.6) is 0 Å². The molecular formula is C19H17NO12. The Morgan fingerprint density at radius 3 is 2.41 bits per heavy atom. The van der Waals surface area contributed by atoms with Crippen LogP contribution in [-0.4, -0.2) is 79.1 Å². The summed E-state index contributed by atoms with van der Waals surface area (Å²) in [6.45, 7) is -0.953. The highest BCUT2D eigenvalue weighted by Gasteiger charge is 2.68. The molecule has 1 aliphatic heterocycles. The minimum Gasteiger partial charge on any atom is -0.402 e. The topological polar surface area (TPSA) is 211 Å². The Kier molecular flexibility index (Phi) is 6.04. The third kappa shape index (κ3) is 3.94. The zero-order valence-electron chi connectivity index (χ0n) is 16.2. The van der Waals surface area contributed by atoms with Gasteiger partial charge in [-0.1, -0.05) is 0 Å². The van der Waals surface area contributed by atoms with E-state index >= 15 is 0 Å². The molecule has 3 rings (SSSR count). The number of non-ortho nitro benzene ring substituents is 1. The predicted molar refractivity (Wildman–Crippen MR) is 98.7 cm³/mol. The monoisotopic (exact) mass is 451 g/mol. The lowest BCUT2D eigenvalue weighted by Crippen LogP contribution is -2.59. The third-order valence-corrected chi connectivity index (χ3v) is 5.10. The zero-order chi connectivity index (χ0) is 23.8. The van der Waals surface area contributed by atoms with E-state index in [1.165, 1.54) is 0 Å². The van der Waals surface area contributed by atoms with Crippen LogP contribution in [0.4, 0.5) is 5.69 Å². The van der Waals surface area contributed by atoms with Crippen LogP contribution in [0, 0.1) is 10.1 Å². The number of Topliss-reactive ketones (excluding diaryl/α,β-unsaturated/α-hetero) is 2. The van der Waals surface area contributed by atoms with E-state index in [0.29, 0.717) is 0 Å². The molecule has 1 aliphatic carbocycles. The lowest BCUT2D eigenvalue weighted by atomic mass is 9.82. The quantitative estimate of drug-likeness (QED) is 0.0953. The van der Waals surface area contributed by atoms with Crippen molar-refractivity contribution in [2.75, 3.05) is 6.61 Å². The van der Waals surface area contributed by atoms with Gasteiger partial charge in [-0.05, 0) is 18.2 Å². The smallest absolute Gasteiger partial charge is 0.361 e. The number of nitro benzene ring substituents is 1. The Hall–Kier alpha value is -3.36. The molecule has 0 bridgehead atoms. The number of aliphatic hydroxyl groups is 4. The van der Waals surface area contributed by atoms with E-state index in [-0.39, 0.29) is 11.3 Å². The van der Waals surface area contributed by atoms with E-state index in [0.717, 1.165) is 30.3 Å². The number of carbonyl (C=O) groups is 4. The van der Waals surface area contributed by atoms with Crippen LogP contribution >= 0.6 is 0 Å². The maximum absolute atomic E-state index is 12.5. The van der Waals surface area contributed by atoms with Crippen LogP contribution in [0.3, 0.4) is 0 Å². The van der Waals surface area contributed by atoms with Gasteiger partial charge >= 0.3 is 11.9 Å². The summed E-state index contributed by atoms with van der Waals surface area (Å²) in [7, 11) is 0. The maximum Gasteiger partial charge on any atom is 0.361 e. The first-order valence-electron chi connectivity index (χ1n) is 9.12. The van der Waals surface area contributed by atoms with Crippen LogP contribution in [0.25, 0.3) is 0 Å². The molecule has 13 heteroatoms. The maximum atomic E-state index is 12.5. The second kappa shape index (κ2) is 8.29. The molecule has 32 heavy (non-hydrogen) atoms. The molecule has 0 spiro atoms. The number of nitrogens with zero attached hydrogens (tertiary/aromatic N) is 1. The second-order valence-corrected chi connectivity index (χ2v) is 7.23. The first kappa shape index (κ1) is 23.3. The van der Waals surface area contributed by atoms with E-state index in [4.69, 9.17) is 9.47 Å². The van der Waals surface area contributed by atoms with Gasteiger partial charge in [0.05, 0.1) is 23.5 Å². The summed E-state index contributed by atoms with van der Waals surface area (Å²) >= 11 is 0. The third-order valence-electron chi connectivity index (χ3n) is 5.10. The van der Waals surface area contributed by atoms with Gasteiger partial charge < -0.3 is 29.9 Å². The lowest BCUT2D eigenvalue weighted by molar-refractivity contribution is -0.384. The number of rotatable bonds is 6. The Labute approximate surface area is 178 Å². The first-order valence-corrected chi connectivity index (χ1v) is 9.12. The molecule has 2 aliphatic rings. The molecule has 13 nitrogen and oxygen atoms in total. The van der Waals surface area contributed by atoms with Crippen LogP contribution in [0.15, 0.2) is 35.9 Å². The average molecular weight is 451 g/mol. The molecular weight excluding hydrogens is 434 g/mol. The number of ether oxygens (including phenoxy) is 2. The van der Waals surface area contributed by atoms with Crippen molar-refractivity contribution < 1.29 is 54.0 Å². The molecule has 1 saturated heterocycles. The molecule has 0 saturated carbocycles. The molecule has 1 fully saturated rings. The number of esters is 1. The number of nitro groups is 1. The van der Waals surface area contributed by atoms with Gasteiger partial charge in [0.25, 0.3) is 5.69 Å². The summed E-state index contributed by atoms with van der Waals surface area (Å²) in [6, 6.07) is 3.91. The van der Waals surface area contributed by atoms with E-state index in [2.05, 4.69) is 0 Å². The van der Waals surface area contributed by atoms with Gasteiger partial charge in [-0.2, -0.15) is 0 Å². The van der Waals surface area contributed by atoms with Crippen LogP contribution in [0.2, 0.25) is 0 Å². The molecule has 1 aromatic carbocycles. The Bertz CT molecular complexity index is 1030. The molecule has 170 valence electrons. The van der Waals surface area contributed by atoms with E-state index in [1.807, 2.05) is 0 Å². The molecule has 0 amide bonds. The van der Waals surface area contributed by atoms with Crippen molar-refractivity contribution in [2.45, 2.75) is 36.6 Å². The summed E-state index contributed by atoms with van der Waals surface area (Å²) in [5.74, 6) is -7.66. The highest BCUT2D eigenvalue weighted by atomic mass is 16.9. The molecule has 4 atom stereocenters. The fourth-order valence-electron chi connectivity index (χ4n) is 3.39. The van der Waals surface area contributed by atoms with Crippen molar-refractivity contribution in [2.24, 2.45) is 0 Å². The molecule has 4 N–H and O–H groups in total. The summed E-state index contributed by atoms with van der Waals surface area (Å²) in [5, 5.41) is 52.3.